The van der Waals surface area contributed by atoms with Crippen LogP contribution in [0, 0.1) is 0 Å². The van der Waals surface area contributed by atoms with Gasteiger partial charge in [0.2, 0.25) is 0 Å². The van der Waals surface area contributed by atoms with Crippen molar-refractivity contribution in [2.24, 2.45) is 0 Å². The number of anilines is 1. The van der Waals surface area contributed by atoms with Gasteiger partial charge in [0.1, 0.15) is 5.82 Å². The predicted molar refractivity (Wildman–Crippen MR) is 105 cm³/mol. The summed E-state index contributed by atoms with van der Waals surface area (Å²) in [6, 6.07) is 8.98. The van der Waals surface area contributed by atoms with Gasteiger partial charge in [-0.2, -0.15) is 4.52 Å². The van der Waals surface area contributed by atoms with Crippen molar-refractivity contribution in [1.82, 2.24) is 19.8 Å². The topological polar surface area (TPSA) is 73.6 Å². The maximum Gasteiger partial charge on any atom is 0.185 e. The number of aromatic nitrogens is 4. The first-order valence-corrected chi connectivity index (χ1v) is 9.40. The van der Waals surface area contributed by atoms with E-state index in [-0.39, 0.29) is 5.60 Å². The van der Waals surface area contributed by atoms with E-state index in [1.54, 1.807) is 29.8 Å². The molecule has 142 valence electrons. The highest BCUT2D eigenvalue weighted by Crippen LogP contribution is 2.27. The van der Waals surface area contributed by atoms with Gasteiger partial charge in [0.25, 0.3) is 0 Å². The summed E-state index contributed by atoms with van der Waals surface area (Å²) in [6.07, 6.45) is 1.69. The minimum absolute atomic E-state index is 0.245. The molecule has 0 radical (unpaired) electrons. The number of benzene rings is 1. The molecule has 0 aliphatic carbocycles. The quantitative estimate of drug-likeness (QED) is 0.694. The minimum atomic E-state index is -0.245. The Bertz CT molecular complexity index is 936. The van der Waals surface area contributed by atoms with Gasteiger partial charge < -0.3 is 14.8 Å². The van der Waals surface area contributed by atoms with Crippen LogP contribution in [0.5, 0.6) is 0 Å². The van der Waals surface area contributed by atoms with Crippen molar-refractivity contribution in [2.45, 2.75) is 18.4 Å². The molecule has 3 aromatic rings. The number of rotatable bonds is 5. The standard InChI is InChI=1S/C18H19Cl2N5O2/c1-26-18(4-6-27-7-5-18)11-21-15-2-3-16-22-23-17(25(16)24-15)12-8-13(19)10-14(20)9-12/h2-3,8-10H,4-7,11H2,1H3,(H,21,24). The van der Waals surface area contributed by atoms with Crippen molar-refractivity contribution in [3.63, 3.8) is 0 Å². The number of methoxy groups -OCH3 is 1. The number of nitrogens with one attached hydrogen (secondary N) is 1. The van der Waals surface area contributed by atoms with Crippen molar-refractivity contribution < 1.29 is 9.47 Å². The van der Waals surface area contributed by atoms with Gasteiger partial charge in [-0.15, -0.1) is 15.3 Å². The largest absolute Gasteiger partial charge is 0.381 e. The molecule has 0 bridgehead atoms. The van der Waals surface area contributed by atoms with E-state index in [1.807, 2.05) is 12.1 Å². The third-order valence-corrected chi connectivity index (χ3v) is 5.25. The molecule has 3 heterocycles. The van der Waals surface area contributed by atoms with Crippen LogP contribution in [0.2, 0.25) is 10.0 Å². The van der Waals surface area contributed by atoms with Crippen LogP contribution in [0.1, 0.15) is 12.8 Å². The molecule has 0 amide bonds. The van der Waals surface area contributed by atoms with Gasteiger partial charge in [-0.3, -0.25) is 0 Å². The Morgan fingerprint density at radius 1 is 1.15 bits per heavy atom. The number of fused-ring (bicyclic) bond motifs is 1. The Balaban J connectivity index is 1.62. The number of hydrogen-bond acceptors (Lipinski definition) is 6. The highest BCUT2D eigenvalue weighted by Gasteiger charge is 2.32. The molecule has 1 saturated heterocycles. The van der Waals surface area contributed by atoms with Crippen LogP contribution < -0.4 is 5.32 Å². The van der Waals surface area contributed by atoms with Crippen LogP contribution in [0.3, 0.4) is 0 Å². The summed E-state index contributed by atoms with van der Waals surface area (Å²) in [7, 11) is 1.74. The van der Waals surface area contributed by atoms with E-state index < -0.39 is 0 Å². The molecule has 27 heavy (non-hydrogen) atoms. The van der Waals surface area contributed by atoms with E-state index >= 15 is 0 Å². The molecule has 7 nitrogen and oxygen atoms in total. The lowest BCUT2D eigenvalue weighted by molar-refractivity contribution is -0.0807. The van der Waals surface area contributed by atoms with Gasteiger partial charge in [-0.25, -0.2) is 0 Å². The molecular weight excluding hydrogens is 389 g/mol. The Morgan fingerprint density at radius 3 is 2.59 bits per heavy atom. The summed E-state index contributed by atoms with van der Waals surface area (Å²) in [5.41, 5.74) is 1.15. The third kappa shape index (κ3) is 3.87. The summed E-state index contributed by atoms with van der Waals surface area (Å²) in [4.78, 5) is 0. The van der Waals surface area contributed by atoms with Crippen LogP contribution in [0.15, 0.2) is 30.3 Å². The number of hydrogen-bond donors (Lipinski definition) is 1. The third-order valence-electron chi connectivity index (χ3n) is 4.81. The molecular formula is C18H19Cl2N5O2. The molecule has 1 aliphatic rings. The van der Waals surface area contributed by atoms with Crippen molar-refractivity contribution in [3.8, 4) is 11.4 Å². The highest BCUT2D eigenvalue weighted by molar-refractivity contribution is 6.35. The fourth-order valence-corrected chi connectivity index (χ4v) is 3.72. The second-order valence-electron chi connectivity index (χ2n) is 6.52. The van der Waals surface area contributed by atoms with E-state index in [9.17, 15) is 0 Å². The lowest BCUT2D eigenvalue weighted by Crippen LogP contribution is -2.44. The zero-order valence-corrected chi connectivity index (χ0v) is 16.3. The Kier molecular flexibility index (Phi) is 5.19. The van der Waals surface area contributed by atoms with Crippen molar-refractivity contribution >= 4 is 34.7 Å². The monoisotopic (exact) mass is 407 g/mol. The van der Waals surface area contributed by atoms with Crippen molar-refractivity contribution in [1.29, 1.82) is 0 Å². The van der Waals surface area contributed by atoms with E-state index in [1.165, 1.54) is 0 Å². The summed E-state index contributed by atoms with van der Waals surface area (Å²) < 4.78 is 12.9. The van der Waals surface area contributed by atoms with Crippen molar-refractivity contribution in [2.75, 3.05) is 32.2 Å². The van der Waals surface area contributed by atoms with Gasteiger partial charge in [-0.1, -0.05) is 23.2 Å². The average Bonchev–Trinajstić information content (AvgIpc) is 3.10. The lowest BCUT2D eigenvalue weighted by atomic mass is 9.94. The SMILES string of the molecule is COC1(CNc2ccc3nnc(-c4cc(Cl)cc(Cl)c4)n3n2)CCOCC1. The van der Waals surface area contributed by atoms with Gasteiger partial charge in [-0.05, 0) is 30.3 Å². The first-order chi connectivity index (χ1) is 13.1. The Hall–Kier alpha value is -1.93. The molecule has 0 spiro atoms. The van der Waals surface area contributed by atoms with Crippen LogP contribution in [-0.4, -0.2) is 52.3 Å². The molecule has 9 heteroatoms. The van der Waals surface area contributed by atoms with Gasteiger partial charge in [0, 0.05) is 55.3 Å². The normalized spacial score (nSPS) is 16.6. The van der Waals surface area contributed by atoms with Crippen LogP contribution >= 0.6 is 23.2 Å². The van der Waals surface area contributed by atoms with E-state index in [0.29, 0.717) is 47.1 Å². The van der Waals surface area contributed by atoms with Crippen molar-refractivity contribution in [3.05, 3.63) is 40.4 Å². The molecule has 0 saturated carbocycles. The number of nitrogens with zero attached hydrogens (tertiary/aromatic N) is 4. The lowest BCUT2D eigenvalue weighted by Gasteiger charge is -2.36. The second kappa shape index (κ2) is 7.59. The fourth-order valence-electron chi connectivity index (χ4n) is 3.19. The zero-order valence-electron chi connectivity index (χ0n) is 14.8. The number of halogens is 2. The molecule has 0 unspecified atom stereocenters. The maximum absolute atomic E-state index is 6.12. The highest BCUT2D eigenvalue weighted by atomic mass is 35.5. The first-order valence-electron chi connectivity index (χ1n) is 8.64. The maximum atomic E-state index is 6.12. The second-order valence-corrected chi connectivity index (χ2v) is 7.40. The summed E-state index contributed by atoms with van der Waals surface area (Å²) in [6.45, 7) is 2.05. The van der Waals surface area contributed by atoms with E-state index in [0.717, 1.165) is 18.4 Å². The summed E-state index contributed by atoms with van der Waals surface area (Å²) in [5.74, 6) is 1.28. The van der Waals surface area contributed by atoms with Gasteiger partial charge in [0.15, 0.2) is 11.5 Å². The summed E-state index contributed by atoms with van der Waals surface area (Å²) in [5, 5.41) is 17.5. The molecule has 4 rings (SSSR count). The zero-order chi connectivity index (χ0) is 18.9. The Morgan fingerprint density at radius 2 is 1.89 bits per heavy atom. The molecule has 1 N–H and O–H groups in total. The van der Waals surface area contributed by atoms with Crippen LogP contribution in [0.4, 0.5) is 5.82 Å². The number of ether oxygens (including phenoxy) is 2. The van der Waals surface area contributed by atoms with E-state index in [2.05, 4.69) is 20.6 Å². The fraction of sp³-hybridized carbons (Fsp3) is 0.389. The van der Waals surface area contributed by atoms with Gasteiger partial charge in [0.05, 0.1) is 5.60 Å². The predicted octanol–water partition coefficient (Wildman–Crippen LogP) is 3.71. The molecule has 1 aromatic carbocycles. The average molecular weight is 408 g/mol. The molecule has 1 aliphatic heterocycles. The first kappa shape index (κ1) is 18.4. The Labute approximate surface area is 166 Å². The smallest absolute Gasteiger partial charge is 0.185 e. The van der Waals surface area contributed by atoms with E-state index in [4.69, 9.17) is 32.7 Å². The molecule has 2 aromatic heterocycles. The molecule has 0 atom stereocenters. The van der Waals surface area contributed by atoms with Crippen LogP contribution in [0.25, 0.3) is 17.0 Å². The minimum Gasteiger partial charge on any atom is -0.381 e. The van der Waals surface area contributed by atoms with Gasteiger partial charge >= 0.3 is 0 Å². The summed E-state index contributed by atoms with van der Waals surface area (Å²) >= 11 is 12.2. The van der Waals surface area contributed by atoms with Crippen LogP contribution in [-0.2, 0) is 9.47 Å². The molecule has 1 fully saturated rings.